The highest BCUT2D eigenvalue weighted by Gasteiger charge is 2.21. The molecule has 0 aliphatic carbocycles. The lowest BCUT2D eigenvalue weighted by atomic mass is 10.3. The van der Waals surface area contributed by atoms with E-state index in [1.165, 1.54) is 0 Å². The lowest BCUT2D eigenvalue weighted by molar-refractivity contribution is 0.158. The van der Waals surface area contributed by atoms with Gasteiger partial charge in [0.2, 0.25) is 0 Å². The van der Waals surface area contributed by atoms with Gasteiger partial charge in [0.05, 0.1) is 0 Å². The highest BCUT2D eigenvalue weighted by atomic mass is 32.1. The largest absolute Gasteiger partial charge is 0.368 e. The van der Waals surface area contributed by atoms with Gasteiger partial charge >= 0.3 is 0 Å². The van der Waals surface area contributed by atoms with Crippen LogP contribution < -0.4 is 5.32 Å². The number of hydrogen-bond donors (Lipinski definition) is 5. The number of rotatable bonds is 0. The van der Waals surface area contributed by atoms with Crippen LogP contribution in [0.5, 0.6) is 0 Å². The predicted molar refractivity (Wildman–Crippen MR) is 50.0 cm³/mol. The number of nitrogens with one attached hydrogen (secondary N) is 2. The molecule has 0 aromatic carbocycles. The molecule has 12 heavy (non-hydrogen) atoms. The summed E-state index contributed by atoms with van der Waals surface area (Å²) in [5, 5.41) is 12.8. The minimum atomic E-state index is -0.859. The number of thiol groups is 2. The molecule has 5 nitrogen and oxygen atoms in total. The SMILES string of the molecule is OC1NC(S)=Nc2[nH]c(S)nc21. The zero-order chi connectivity index (χ0) is 8.72. The van der Waals surface area contributed by atoms with Crippen LogP contribution in [0.1, 0.15) is 11.9 Å². The number of aliphatic hydroxyl groups is 1. The van der Waals surface area contributed by atoms with E-state index in [2.05, 4.69) is 45.5 Å². The van der Waals surface area contributed by atoms with Gasteiger partial charge in [0.15, 0.2) is 22.4 Å². The number of imidazole rings is 1. The molecule has 1 atom stereocenters. The fourth-order valence-corrected chi connectivity index (χ4v) is 1.41. The summed E-state index contributed by atoms with van der Waals surface area (Å²) in [4.78, 5) is 10.7. The molecule has 1 unspecified atom stereocenters. The summed E-state index contributed by atoms with van der Waals surface area (Å²) in [6.45, 7) is 0. The van der Waals surface area contributed by atoms with Crippen LogP contribution in [0.25, 0.3) is 0 Å². The topological polar surface area (TPSA) is 73.3 Å². The first-order valence-corrected chi connectivity index (χ1v) is 4.07. The Bertz CT molecular complexity index is 347. The Balaban J connectivity index is 2.53. The Labute approximate surface area is 79.1 Å². The van der Waals surface area contributed by atoms with E-state index in [1.807, 2.05) is 0 Å². The molecular formula is C5H6N4OS2. The molecule has 0 amide bonds. The Morgan fingerprint density at radius 2 is 2.17 bits per heavy atom. The van der Waals surface area contributed by atoms with E-state index in [1.54, 1.807) is 0 Å². The molecule has 0 radical (unpaired) electrons. The van der Waals surface area contributed by atoms with Gasteiger partial charge in [-0.05, 0) is 0 Å². The summed E-state index contributed by atoms with van der Waals surface area (Å²) in [6, 6.07) is 0. The summed E-state index contributed by atoms with van der Waals surface area (Å²) >= 11 is 7.94. The minimum absolute atomic E-state index is 0.354. The zero-order valence-electron chi connectivity index (χ0n) is 5.81. The Kier molecular flexibility index (Phi) is 1.78. The third kappa shape index (κ3) is 1.19. The van der Waals surface area contributed by atoms with Gasteiger partial charge in [0.25, 0.3) is 0 Å². The first-order chi connectivity index (χ1) is 5.66. The molecule has 1 aliphatic rings. The molecule has 1 aromatic heterocycles. The van der Waals surface area contributed by atoms with Gasteiger partial charge in [-0.3, -0.25) is 0 Å². The normalized spacial score (nSPS) is 21.2. The van der Waals surface area contributed by atoms with Crippen LogP contribution in [0, 0.1) is 0 Å². The lowest BCUT2D eigenvalue weighted by Gasteiger charge is -2.15. The van der Waals surface area contributed by atoms with E-state index in [4.69, 9.17) is 0 Å². The second-order valence-electron chi connectivity index (χ2n) is 2.28. The smallest absolute Gasteiger partial charge is 0.173 e. The summed E-state index contributed by atoms with van der Waals surface area (Å²) in [5.74, 6) is 0.497. The van der Waals surface area contributed by atoms with Crippen molar-refractivity contribution in [1.82, 2.24) is 15.3 Å². The molecule has 0 saturated carbocycles. The zero-order valence-corrected chi connectivity index (χ0v) is 7.60. The van der Waals surface area contributed by atoms with E-state index in [9.17, 15) is 5.11 Å². The maximum absolute atomic E-state index is 9.39. The number of amidine groups is 1. The number of nitrogens with zero attached hydrogens (tertiary/aromatic N) is 2. The summed E-state index contributed by atoms with van der Waals surface area (Å²) in [7, 11) is 0. The van der Waals surface area contributed by atoms with Gasteiger partial charge in [0, 0.05) is 0 Å². The predicted octanol–water partition coefficient (Wildman–Crippen LogP) is 0.210. The fourth-order valence-electron chi connectivity index (χ4n) is 0.970. The van der Waals surface area contributed by atoms with Crippen LogP contribution in [0.4, 0.5) is 5.82 Å². The monoisotopic (exact) mass is 202 g/mol. The molecule has 2 heterocycles. The van der Waals surface area contributed by atoms with E-state index >= 15 is 0 Å². The second kappa shape index (κ2) is 2.68. The van der Waals surface area contributed by atoms with Crippen molar-refractivity contribution in [2.75, 3.05) is 0 Å². The van der Waals surface area contributed by atoms with Crippen molar-refractivity contribution in [3.05, 3.63) is 5.69 Å². The van der Waals surface area contributed by atoms with Crippen molar-refractivity contribution in [2.45, 2.75) is 11.4 Å². The molecule has 0 spiro atoms. The number of fused-ring (bicyclic) bond motifs is 1. The molecule has 64 valence electrons. The van der Waals surface area contributed by atoms with Crippen LogP contribution in [0.2, 0.25) is 0 Å². The molecule has 1 aliphatic heterocycles. The third-order valence-corrected chi connectivity index (χ3v) is 1.88. The third-order valence-electron chi connectivity index (χ3n) is 1.44. The molecule has 3 N–H and O–H groups in total. The summed E-state index contributed by atoms with van der Waals surface area (Å²) in [6.07, 6.45) is -0.859. The van der Waals surface area contributed by atoms with Crippen molar-refractivity contribution in [1.29, 1.82) is 0 Å². The molecule has 0 bridgehead atoms. The number of H-pyrrole nitrogens is 1. The highest BCUT2D eigenvalue weighted by molar-refractivity contribution is 7.96. The number of hydrogen-bond acceptors (Lipinski definition) is 5. The van der Waals surface area contributed by atoms with Gasteiger partial charge in [-0.1, -0.05) is 0 Å². The molecule has 0 fully saturated rings. The molecule has 1 aromatic rings. The van der Waals surface area contributed by atoms with Gasteiger partial charge in [0.1, 0.15) is 5.69 Å². The average Bonchev–Trinajstić information content (AvgIpc) is 2.29. The molecule has 2 rings (SSSR count). The molecular weight excluding hydrogens is 196 g/mol. The molecule has 0 saturated heterocycles. The number of aromatic amines is 1. The van der Waals surface area contributed by atoms with Crippen LogP contribution in [-0.2, 0) is 0 Å². The van der Waals surface area contributed by atoms with E-state index in [-0.39, 0.29) is 0 Å². The minimum Gasteiger partial charge on any atom is -0.368 e. The summed E-state index contributed by atoms with van der Waals surface area (Å²) < 4.78 is 0. The van der Waals surface area contributed by atoms with Crippen LogP contribution >= 0.6 is 25.3 Å². The maximum atomic E-state index is 9.39. The van der Waals surface area contributed by atoms with Crippen molar-refractivity contribution < 1.29 is 5.11 Å². The Morgan fingerprint density at radius 1 is 1.42 bits per heavy atom. The molecule has 7 heteroatoms. The fraction of sp³-hybridized carbons (Fsp3) is 0.200. The number of aliphatic hydroxyl groups excluding tert-OH is 1. The average molecular weight is 202 g/mol. The van der Waals surface area contributed by atoms with Gasteiger partial charge in [-0.25, -0.2) is 9.98 Å². The first-order valence-electron chi connectivity index (χ1n) is 3.18. The Morgan fingerprint density at radius 3 is 2.92 bits per heavy atom. The van der Waals surface area contributed by atoms with Crippen molar-refractivity contribution in [3.8, 4) is 0 Å². The van der Waals surface area contributed by atoms with Gasteiger partial charge < -0.3 is 15.4 Å². The maximum Gasteiger partial charge on any atom is 0.173 e. The van der Waals surface area contributed by atoms with Crippen molar-refractivity contribution >= 4 is 36.2 Å². The number of aliphatic imine (C=N–C) groups is 1. The van der Waals surface area contributed by atoms with Crippen molar-refractivity contribution in [3.63, 3.8) is 0 Å². The second-order valence-corrected chi connectivity index (χ2v) is 3.12. The lowest BCUT2D eigenvalue weighted by Crippen LogP contribution is -2.27. The highest BCUT2D eigenvalue weighted by Crippen LogP contribution is 2.26. The van der Waals surface area contributed by atoms with Gasteiger partial charge in [-0.15, -0.1) is 25.3 Å². The first kappa shape index (κ1) is 7.96. The van der Waals surface area contributed by atoms with Gasteiger partial charge in [-0.2, -0.15) is 0 Å². The van der Waals surface area contributed by atoms with E-state index in [0.29, 0.717) is 21.8 Å². The Hall–Kier alpha value is -0.660. The van der Waals surface area contributed by atoms with E-state index < -0.39 is 6.23 Å². The van der Waals surface area contributed by atoms with Crippen LogP contribution in [-0.4, -0.2) is 20.2 Å². The quantitative estimate of drug-likeness (QED) is 0.390. The van der Waals surface area contributed by atoms with Crippen LogP contribution in [0.3, 0.4) is 0 Å². The van der Waals surface area contributed by atoms with Crippen LogP contribution in [0.15, 0.2) is 10.1 Å². The summed E-state index contributed by atoms with van der Waals surface area (Å²) in [5.41, 5.74) is 0.442. The van der Waals surface area contributed by atoms with Crippen molar-refractivity contribution in [2.24, 2.45) is 4.99 Å². The standard InChI is InChI=1S/C5H6N4OS2/c10-3-1-2(7-4(11)6-1)8-5(12)9-3/h3,10H,(H2,6,7,11)(H2,8,9,12). The number of aromatic nitrogens is 2. The van der Waals surface area contributed by atoms with E-state index in [0.717, 1.165) is 0 Å².